The second-order valence-corrected chi connectivity index (χ2v) is 9.81. The molecule has 4 rings (SSSR count). The summed E-state index contributed by atoms with van der Waals surface area (Å²) in [7, 11) is 1.82. The van der Waals surface area contributed by atoms with Crippen LogP contribution in [0.5, 0.6) is 5.75 Å². The van der Waals surface area contributed by atoms with Crippen molar-refractivity contribution in [1.29, 1.82) is 0 Å². The maximum absolute atomic E-state index is 12.7. The monoisotopic (exact) mass is 493 g/mol. The summed E-state index contributed by atoms with van der Waals surface area (Å²) in [6, 6.07) is 5.70. The average Bonchev–Trinajstić information content (AvgIpc) is 3.31. The lowest BCUT2D eigenvalue weighted by Crippen LogP contribution is -2.39. The number of benzene rings is 1. The summed E-state index contributed by atoms with van der Waals surface area (Å²) in [5.41, 5.74) is 0.861. The van der Waals surface area contributed by atoms with Gasteiger partial charge in [0.15, 0.2) is 0 Å². The van der Waals surface area contributed by atoms with Gasteiger partial charge in [0.2, 0.25) is 10.1 Å². The minimum atomic E-state index is -0.748. The highest BCUT2D eigenvalue weighted by atomic mass is 35.5. The van der Waals surface area contributed by atoms with Gasteiger partial charge in [-0.2, -0.15) is 0 Å². The number of rotatable bonds is 7. The summed E-state index contributed by atoms with van der Waals surface area (Å²) >= 11 is 7.48. The van der Waals surface area contributed by atoms with E-state index >= 15 is 0 Å². The summed E-state index contributed by atoms with van der Waals surface area (Å²) < 4.78 is 6.08. The van der Waals surface area contributed by atoms with E-state index in [-0.39, 0.29) is 24.0 Å². The number of amides is 1. The molecule has 2 heterocycles. The van der Waals surface area contributed by atoms with Gasteiger partial charge in [0.1, 0.15) is 5.75 Å². The Kier molecular flexibility index (Phi) is 7.54. The minimum absolute atomic E-state index is 0.0752. The number of halogens is 1. The molecule has 11 heteroatoms. The lowest BCUT2D eigenvalue weighted by Gasteiger charge is -2.29. The van der Waals surface area contributed by atoms with Crippen molar-refractivity contribution in [3.05, 3.63) is 28.2 Å². The molecule has 1 aromatic carbocycles. The van der Waals surface area contributed by atoms with E-state index in [2.05, 4.69) is 20.8 Å². The Morgan fingerprint density at radius 1 is 1.15 bits per heavy atom. The second kappa shape index (κ2) is 10.6. The molecule has 0 unspecified atom stereocenters. The Morgan fingerprint density at radius 2 is 1.88 bits per heavy atom. The normalized spacial score (nSPS) is 21.5. The molecule has 1 saturated heterocycles. The van der Waals surface area contributed by atoms with Crippen molar-refractivity contribution in [1.82, 2.24) is 15.5 Å². The molecule has 33 heavy (non-hydrogen) atoms. The quantitative estimate of drug-likeness (QED) is 0.535. The second-order valence-electron chi connectivity index (χ2n) is 8.45. The summed E-state index contributed by atoms with van der Waals surface area (Å²) in [4.78, 5) is 25.8. The molecule has 1 aliphatic heterocycles. The zero-order valence-corrected chi connectivity index (χ0v) is 20.0. The van der Waals surface area contributed by atoms with Crippen LogP contribution in [0.4, 0.5) is 10.8 Å². The number of carbonyl (C=O) groups excluding carboxylic acids is 1. The number of hydrogen-bond acceptors (Lipinski definition) is 8. The first-order valence-electron chi connectivity index (χ1n) is 11.2. The number of aliphatic carboxylic acids is 1. The van der Waals surface area contributed by atoms with Crippen LogP contribution in [0.2, 0.25) is 5.02 Å². The minimum Gasteiger partial charge on any atom is -0.490 e. The Balaban J connectivity index is 1.23. The van der Waals surface area contributed by atoms with Crippen LogP contribution in [-0.2, 0) is 4.79 Å². The molecule has 178 valence electrons. The molecule has 1 aliphatic carbocycles. The Bertz CT molecular complexity index is 987. The third-order valence-corrected chi connectivity index (χ3v) is 7.54. The van der Waals surface area contributed by atoms with E-state index in [0.717, 1.165) is 37.1 Å². The van der Waals surface area contributed by atoms with Crippen molar-refractivity contribution < 1.29 is 19.4 Å². The topological polar surface area (TPSA) is 117 Å². The maximum atomic E-state index is 12.7. The molecule has 1 amide bonds. The van der Waals surface area contributed by atoms with Crippen LogP contribution >= 0.6 is 22.9 Å². The SMILES string of the molecule is CNc1ccc(OC2CCC(NC(=O)c3nnc(N4CCC(C(=O)O)CC4)s3)CC2)cc1Cl. The zero-order chi connectivity index (χ0) is 23.4. The van der Waals surface area contributed by atoms with Gasteiger partial charge < -0.3 is 25.4 Å². The molecule has 1 saturated carbocycles. The molecule has 2 fully saturated rings. The number of aromatic nitrogens is 2. The van der Waals surface area contributed by atoms with Gasteiger partial charge in [-0.05, 0) is 50.7 Å². The number of carboxylic acid groups (broad SMARTS) is 1. The van der Waals surface area contributed by atoms with Crippen LogP contribution < -0.4 is 20.3 Å². The van der Waals surface area contributed by atoms with Gasteiger partial charge in [0.05, 0.1) is 22.7 Å². The molecule has 1 aromatic heterocycles. The van der Waals surface area contributed by atoms with Crippen LogP contribution in [0.1, 0.15) is 48.3 Å². The molecular weight excluding hydrogens is 466 g/mol. The molecule has 0 spiro atoms. The van der Waals surface area contributed by atoms with Gasteiger partial charge in [-0.15, -0.1) is 10.2 Å². The lowest BCUT2D eigenvalue weighted by molar-refractivity contribution is -0.142. The standard InChI is InChI=1S/C22H28ClN5O4S/c1-24-18-7-6-16(12-17(18)23)32-15-4-2-14(3-5-15)25-19(29)20-26-27-22(33-20)28-10-8-13(9-11-28)21(30)31/h6-7,12-15,24H,2-5,8-11H2,1H3,(H,25,29)(H,30,31). The number of nitrogens with zero attached hydrogens (tertiary/aromatic N) is 3. The smallest absolute Gasteiger partial charge is 0.306 e. The van der Waals surface area contributed by atoms with Crippen molar-refractivity contribution in [3.63, 3.8) is 0 Å². The van der Waals surface area contributed by atoms with Gasteiger partial charge in [-0.25, -0.2) is 0 Å². The van der Waals surface area contributed by atoms with Gasteiger partial charge in [-0.1, -0.05) is 22.9 Å². The third kappa shape index (κ3) is 5.86. The van der Waals surface area contributed by atoms with Crippen LogP contribution in [0.25, 0.3) is 0 Å². The summed E-state index contributed by atoms with van der Waals surface area (Å²) in [5, 5.41) is 25.1. The highest BCUT2D eigenvalue weighted by Gasteiger charge is 2.28. The van der Waals surface area contributed by atoms with Crippen LogP contribution in [0, 0.1) is 5.92 Å². The first-order chi connectivity index (χ1) is 15.9. The van der Waals surface area contributed by atoms with Crippen molar-refractivity contribution in [3.8, 4) is 5.75 Å². The van der Waals surface area contributed by atoms with Crippen molar-refractivity contribution >= 4 is 45.6 Å². The van der Waals surface area contributed by atoms with Crippen LogP contribution in [0.3, 0.4) is 0 Å². The molecule has 2 aliphatic rings. The molecule has 0 radical (unpaired) electrons. The first-order valence-corrected chi connectivity index (χ1v) is 12.4. The largest absolute Gasteiger partial charge is 0.490 e. The number of carboxylic acids is 1. The van der Waals surface area contributed by atoms with Gasteiger partial charge in [0.25, 0.3) is 5.91 Å². The summed E-state index contributed by atoms with van der Waals surface area (Å²) in [6.07, 6.45) is 4.59. The lowest BCUT2D eigenvalue weighted by atomic mass is 9.93. The Morgan fingerprint density at radius 3 is 2.52 bits per heavy atom. The van der Waals surface area contributed by atoms with E-state index in [1.165, 1.54) is 11.3 Å². The average molecular weight is 494 g/mol. The van der Waals surface area contributed by atoms with Crippen molar-refractivity contribution in [2.75, 3.05) is 30.4 Å². The van der Waals surface area contributed by atoms with Crippen LogP contribution in [0.15, 0.2) is 18.2 Å². The maximum Gasteiger partial charge on any atom is 0.306 e. The fourth-order valence-electron chi connectivity index (χ4n) is 4.29. The summed E-state index contributed by atoms with van der Waals surface area (Å²) in [6.45, 7) is 1.22. The van der Waals surface area contributed by atoms with Crippen LogP contribution in [-0.4, -0.2) is 59.5 Å². The van der Waals surface area contributed by atoms with E-state index in [9.17, 15) is 9.59 Å². The number of carbonyl (C=O) groups is 2. The van der Waals surface area contributed by atoms with E-state index < -0.39 is 5.97 Å². The predicted molar refractivity (Wildman–Crippen MR) is 128 cm³/mol. The highest BCUT2D eigenvalue weighted by Crippen LogP contribution is 2.30. The zero-order valence-electron chi connectivity index (χ0n) is 18.4. The Hall–Kier alpha value is -2.59. The number of anilines is 2. The molecule has 0 atom stereocenters. The third-order valence-electron chi connectivity index (χ3n) is 6.25. The summed E-state index contributed by atoms with van der Waals surface area (Å²) in [5.74, 6) is -0.512. The van der Waals surface area contributed by atoms with Gasteiger partial charge in [0, 0.05) is 32.2 Å². The number of ether oxygens (including phenoxy) is 1. The van der Waals surface area contributed by atoms with E-state index in [4.69, 9.17) is 21.4 Å². The van der Waals surface area contributed by atoms with Gasteiger partial charge >= 0.3 is 5.97 Å². The molecule has 9 nitrogen and oxygen atoms in total. The van der Waals surface area contributed by atoms with E-state index in [1.807, 2.05) is 30.1 Å². The fraction of sp³-hybridized carbons (Fsp3) is 0.545. The molecule has 0 bridgehead atoms. The predicted octanol–water partition coefficient (Wildman–Crippen LogP) is 3.65. The van der Waals surface area contributed by atoms with Gasteiger partial charge in [-0.3, -0.25) is 9.59 Å². The molecule has 2 aromatic rings. The van der Waals surface area contributed by atoms with Crippen molar-refractivity contribution in [2.45, 2.75) is 50.7 Å². The van der Waals surface area contributed by atoms with Crippen molar-refractivity contribution in [2.24, 2.45) is 5.92 Å². The number of hydrogen-bond donors (Lipinski definition) is 3. The van der Waals surface area contributed by atoms with E-state index in [1.54, 1.807) is 0 Å². The molecule has 3 N–H and O–H groups in total. The fourth-order valence-corrected chi connectivity index (χ4v) is 5.35. The Labute approximate surface area is 201 Å². The highest BCUT2D eigenvalue weighted by molar-refractivity contribution is 7.17. The first kappa shape index (κ1) is 23.6. The molecular formula is C22H28ClN5O4S. The van der Waals surface area contributed by atoms with E-state index in [0.29, 0.717) is 41.1 Å². The number of piperidine rings is 1. The number of nitrogens with one attached hydrogen (secondary N) is 2.